The number of aryl methyl sites for hydroxylation is 1. The van der Waals surface area contributed by atoms with Crippen molar-refractivity contribution in [2.24, 2.45) is 0 Å². The van der Waals surface area contributed by atoms with E-state index in [1.807, 2.05) is 12.1 Å². The molecule has 0 saturated carbocycles. The zero-order valence-electron chi connectivity index (χ0n) is 18.6. The molecule has 0 radical (unpaired) electrons. The van der Waals surface area contributed by atoms with Gasteiger partial charge in [0.25, 0.3) is 5.91 Å². The Morgan fingerprint density at radius 2 is 1.67 bits per heavy atom. The third kappa shape index (κ3) is 6.39. The highest BCUT2D eigenvalue weighted by Gasteiger charge is 2.21. The summed E-state index contributed by atoms with van der Waals surface area (Å²) in [4.78, 5) is 17.7. The van der Waals surface area contributed by atoms with Gasteiger partial charge in [-0.3, -0.25) is 14.6 Å². The predicted molar refractivity (Wildman–Crippen MR) is 122 cm³/mol. The molecule has 1 atom stereocenters. The van der Waals surface area contributed by atoms with Gasteiger partial charge in [-0.1, -0.05) is 55.8 Å². The lowest BCUT2D eigenvalue weighted by Crippen LogP contribution is -2.43. The van der Waals surface area contributed by atoms with Gasteiger partial charge in [-0.15, -0.1) is 0 Å². The van der Waals surface area contributed by atoms with Gasteiger partial charge in [0.05, 0.1) is 19.3 Å². The minimum atomic E-state index is -0.0495. The van der Waals surface area contributed by atoms with Crippen molar-refractivity contribution in [3.63, 3.8) is 0 Å². The van der Waals surface area contributed by atoms with Gasteiger partial charge < -0.3 is 10.1 Å². The van der Waals surface area contributed by atoms with Crippen LogP contribution in [0.3, 0.4) is 0 Å². The van der Waals surface area contributed by atoms with Crippen LogP contribution in [0.15, 0.2) is 48.5 Å². The van der Waals surface area contributed by atoms with Crippen molar-refractivity contribution in [2.75, 3.05) is 45.9 Å². The van der Waals surface area contributed by atoms with Gasteiger partial charge in [0, 0.05) is 31.7 Å². The maximum atomic E-state index is 13.0. The van der Waals surface area contributed by atoms with Crippen molar-refractivity contribution >= 4 is 5.91 Å². The molecule has 1 aliphatic heterocycles. The molecule has 3 rings (SSSR count). The van der Waals surface area contributed by atoms with Crippen molar-refractivity contribution < 1.29 is 9.53 Å². The zero-order chi connectivity index (χ0) is 21.3. The molecule has 2 aromatic carbocycles. The van der Waals surface area contributed by atoms with Gasteiger partial charge in [-0.05, 0) is 43.3 Å². The van der Waals surface area contributed by atoms with Crippen LogP contribution in [0.2, 0.25) is 0 Å². The normalized spacial score (nSPS) is 15.9. The van der Waals surface area contributed by atoms with Gasteiger partial charge in [0.2, 0.25) is 0 Å². The summed E-state index contributed by atoms with van der Waals surface area (Å²) in [6.45, 7) is 13.5. The Balaban J connectivity index is 1.69. The van der Waals surface area contributed by atoms with Crippen LogP contribution >= 0.6 is 0 Å². The Bertz CT molecular complexity index is 779. The van der Waals surface area contributed by atoms with E-state index in [1.54, 1.807) is 0 Å². The second-order valence-electron chi connectivity index (χ2n) is 8.01. The molecular weight excluding hydrogens is 374 g/mol. The quantitative estimate of drug-likeness (QED) is 0.687. The second kappa shape index (κ2) is 11.3. The van der Waals surface area contributed by atoms with Crippen LogP contribution in [0.1, 0.15) is 46.9 Å². The number of amides is 1. The van der Waals surface area contributed by atoms with Crippen LogP contribution in [-0.4, -0.2) is 61.6 Å². The summed E-state index contributed by atoms with van der Waals surface area (Å²) < 4.78 is 5.48. The van der Waals surface area contributed by atoms with E-state index in [0.29, 0.717) is 5.56 Å². The average molecular weight is 410 g/mol. The third-order valence-electron chi connectivity index (χ3n) is 5.85. The Morgan fingerprint density at radius 3 is 2.27 bits per heavy atom. The first-order valence-electron chi connectivity index (χ1n) is 11.1. The molecule has 0 bridgehead atoms. The first kappa shape index (κ1) is 22.5. The highest BCUT2D eigenvalue weighted by Crippen LogP contribution is 2.18. The average Bonchev–Trinajstić information content (AvgIpc) is 2.78. The number of benzene rings is 2. The molecule has 0 spiro atoms. The number of morpholine rings is 1. The van der Waals surface area contributed by atoms with E-state index in [2.05, 4.69) is 72.3 Å². The number of hydrogen-bond acceptors (Lipinski definition) is 4. The fourth-order valence-corrected chi connectivity index (χ4v) is 3.78. The number of ether oxygens (including phenoxy) is 1. The van der Waals surface area contributed by atoms with E-state index in [0.717, 1.165) is 58.0 Å². The number of nitrogens with zero attached hydrogens (tertiary/aromatic N) is 2. The minimum absolute atomic E-state index is 0.0248. The van der Waals surface area contributed by atoms with E-state index < -0.39 is 0 Å². The van der Waals surface area contributed by atoms with Crippen LogP contribution in [0.5, 0.6) is 0 Å². The number of carbonyl (C=O) groups excluding carboxylic acids is 1. The van der Waals surface area contributed by atoms with Crippen LogP contribution in [-0.2, 0) is 11.3 Å². The zero-order valence-corrected chi connectivity index (χ0v) is 18.6. The predicted octanol–water partition coefficient (Wildman–Crippen LogP) is 3.64. The van der Waals surface area contributed by atoms with Crippen LogP contribution in [0.4, 0.5) is 0 Å². The van der Waals surface area contributed by atoms with Crippen molar-refractivity contribution in [3.8, 4) is 0 Å². The summed E-state index contributed by atoms with van der Waals surface area (Å²) in [6, 6.07) is 16.4. The highest BCUT2D eigenvalue weighted by atomic mass is 16.5. The maximum Gasteiger partial charge on any atom is 0.251 e. The number of nitrogens with one attached hydrogen (secondary N) is 1. The molecule has 1 saturated heterocycles. The van der Waals surface area contributed by atoms with E-state index >= 15 is 0 Å². The highest BCUT2D eigenvalue weighted by molar-refractivity contribution is 5.94. The van der Waals surface area contributed by atoms with Gasteiger partial charge in [-0.25, -0.2) is 0 Å². The molecule has 1 aliphatic rings. The van der Waals surface area contributed by atoms with Crippen molar-refractivity contribution in [3.05, 3.63) is 70.8 Å². The molecule has 162 valence electrons. The third-order valence-corrected chi connectivity index (χ3v) is 5.85. The molecule has 1 N–H and O–H groups in total. The molecule has 1 amide bonds. The molecule has 0 unspecified atom stereocenters. The van der Waals surface area contributed by atoms with Gasteiger partial charge in [0.15, 0.2) is 0 Å². The first-order valence-corrected chi connectivity index (χ1v) is 11.1. The molecule has 30 heavy (non-hydrogen) atoms. The van der Waals surface area contributed by atoms with E-state index in [4.69, 9.17) is 4.74 Å². The molecule has 0 aromatic heterocycles. The lowest BCUT2D eigenvalue weighted by Gasteiger charge is -2.31. The van der Waals surface area contributed by atoms with Crippen LogP contribution in [0, 0.1) is 6.92 Å². The molecule has 5 heteroatoms. The van der Waals surface area contributed by atoms with Gasteiger partial charge >= 0.3 is 0 Å². The summed E-state index contributed by atoms with van der Waals surface area (Å²) in [5.74, 6) is -0.0248. The van der Waals surface area contributed by atoms with Crippen molar-refractivity contribution in [1.82, 2.24) is 15.1 Å². The largest absolute Gasteiger partial charge is 0.379 e. The molecule has 0 aliphatic carbocycles. The summed E-state index contributed by atoms with van der Waals surface area (Å²) >= 11 is 0. The fourth-order valence-electron chi connectivity index (χ4n) is 3.78. The van der Waals surface area contributed by atoms with Crippen LogP contribution in [0.25, 0.3) is 0 Å². The van der Waals surface area contributed by atoms with Crippen molar-refractivity contribution in [1.29, 1.82) is 0 Å². The molecule has 1 heterocycles. The fraction of sp³-hybridized carbons (Fsp3) is 0.480. The number of hydrogen-bond donors (Lipinski definition) is 1. The Kier molecular flexibility index (Phi) is 8.43. The van der Waals surface area contributed by atoms with Crippen LogP contribution < -0.4 is 5.32 Å². The molecule has 2 aromatic rings. The van der Waals surface area contributed by atoms with E-state index in [9.17, 15) is 4.79 Å². The first-order chi connectivity index (χ1) is 14.6. The smallest absolute Gasteiger partial charge is 0.251 e. The Morgan fingerprint density at radius 1 is 1.03 bits per heavy atom. The second-order valence-corrected chi connectivity index (χ2v) is 8.01. The van der Waals surface area contributed by atoms with Gasteiger partial charge in [0.1, 0.15) is 0 Å². The summed E-state index contributed by atoms with van der Waals surface area (Å²) in [5, 5.41) is 3.27. The molecule has 5 nitrogen and oxygen atoms in total. The lowest BCUT2D eigenvalue weighted by atomic mass is 10.0. The van der Waals surface area contributed by atoms with E-state index in [1.165, 1.54) is 11.1 Å². The summed E-state index contributed by atoms with van der Waals surface area (Å²) in [6.07, 6.45) is 0. The Hall–Kier alpha value is -2.21. The van der Waals surface area contributed by atoms with Gasteiger partial charge in [-0.2, -0.15) is 0 Å². The Labute approximate surface area is 181 Å². The maximum absolute atomic E-state index is 13.0. The SMILES string of the molecule is CCN(CC)Cc1ccc(C(=O)N[C@H](CN2CCOCC2)c2ccc(C)cc2)cc1. The van der Waals surface area contributed by atoms with E-state index in [-0.39, 0.29) is 11.9 Å². The topological polar surface area (TPSA) is 44.8 Å². The minimum Gasteiger partial charge on any atom is -0.379 e. The summed E-state index contributed by atoms with van der Waals surface area (Å²) in [5.41, 5.74) is 4.30. The van der Waals surface area contributed by atoms with Crippen molar-refractivity contribution in [2.45, 2.75) is 33.4 Å². The summed E-state index contributed by atoms with van der Waals surface area (Å²) in [7, 11) is 0. The number of carbonyl (C=O) groups is 1. The standard InChI is InChI=1S/C25H35N3O2/c1-4-27(5-2)18-21-8-12-23(13-9-21)25(29)26-24(19-28-14-16-30-17-15-28)22-10-6-20(3)7-11-22/h6-13,24H,4-5,14-19H2,1-3H3,(H,26,29)/t24-/m1/s1. The lowest BCUT2D eigenvalue weighted by molar-refractivity contribution is 0.0332. The molecular formula is C25H35N3O2. The monoisotopic (exact) mass is 409 g/mol. The molecule has 1 fully saturated rings. The number of rotatable bonds is 9.